The van der Waals surface area contributed by atoms with Crippen LogP contribution in [-0.2, 0) is 4.74 Å². The van der Waals surface area contributed by atoms with Gasteiger partial charge in [0.25, 0.3) is 0 Å². The molecular formula is C16H13FN2O3. The summed E-state index contributed by atoms with van der Waals surface area (Å²) in [5.74, 6) is -1.46. The fourth-order valence-corrected chi connectivity index (χ4v) is 2.38. The van der Waals surface area contributed by atoms with Crippen molar-refractivity contribution in [3.05, 3.63) is 58.1 Å². The zero-order valence-electron chi connectivity index (χ0n) is 11.8. The molecule has 22 heavy (non-hydrogen) atoms. The molecule has 0 fully saturated rings. The van der Waals surface area contributed by atoms with Crippen LogP contribution in [0.4, 0.5) is 4.39 Å². The average Bonchev–Trinajstić information content (AvgIpc) is 3.01. The number of benzene rings is 1. The van der Waals surface area contributed by atoms with Gasteiger partial charge in [-0.1, -0.05) is 6.07 Å². The van der Waals surface area contributed by atoms with Crippen LogP contribution in [-0.4, -0.2) is 22.5 Å². The molecule has 0 amide bonds. The molecule has 3 rings (SSSR count). The normalized spacial score (nSPS) is 10.8. The number of H-pyrrole nitrogens is 2. The SMILES string of the molecule is CCOC(=O)c1c(-c2ccc[nH]2)[nH]c2cccc(F)c2c1=O. The van der Waals surface area contributed by atoms with Crippen molar-refractivity contribution in [2.45, 2.75) is 6.92 Å². The number of carbonyl (C=O) groups excluding carboxylic acids is 1. The molecule has 1 aromatic carbocycles. The number of rotatable bonds is 3. The van der Waals surface area contributed by atoms with E-state index in [0.29, 0.717) is 11.2 Å². The lowest BCUT2D eigenvalue weighted by molar-refractivity contribution is 0.0525. The molecule has 0 spiro atoms. The first-order valence-corrected chi connectivity index (χ1v) is 6.79. The fraction of sp³-hybridized carbons (Fsp3) is 0.125. The van der Waals surface area contributed by atoms with Gasteiger partial charge in [-0.3, -0.25) is 4.79 Å². The molecular weight excluding hydrogens is 287 g/mol. The van der Waals surface area contributed by atoms with Gasteiger partial charge < -0.3 is 14.7 Å². The molecule has 5 nitrogen and oxygen atoms in total. The number of aromatic amines is 2. The molecule has 112 valence electrons. The van der Waals surface area contributed by atoms with Gasteiger partial charge in [-0.25, -0.2) is 9.18 Å². The lowest BCUT2D eigenvalue weighted by atomic mass is 10.1. The number of esters is 1. The van der Waals surface area contributed by atoms with Crippen LogP contribution in [0.2, 0.25) is 0 Å². The number of hydrogen-bond donors (Lipinski definition) is 2. The van der Waals surface area contributed by atoms with Gasteiger partial charge in [-0.2, -0.15) is 0 Å². The third-order valence-electron chi connectivity index (χ3n) is 3.32. The maximum absolute atomic E-state index is 14.0. The van der Waals surface area contributed by atoms with Gasteiger partial charge in [-0.15, -0.1) is 0 Å². The summed E-state index contributed by atoms with van der Waals surface area (Å²) in [7, 11) is 0. The van der Waals surface area contributed by atoms with Crippen LogP contribution in [0.3, 0.4) is 0 Å². The Morgan fingerprint density at radius 2 is 2.09 bits per heavy atom. The highest BCUT2D eigenvalue weighted by Gasteiger charge is 2.23. The highest BCUT2D eigenvalue weighted by molar-refractivity contribution is 6.00. The molecule has 2 N–H and O–H groups in total. The molecule has 0 unspecified atom stereocenters. The molecule has 0 saturated heterocycles. The zero-order chi connectivity index (χ0) is 15.7. The van der Waals surface area contributed by atoms with E-state index in [1.165, 1.54) is 12.1 Å². The Bertz CT molecular complexity index is 898. The summed E-state index contributed by atoms with van der Waals surface area (Å²) in [5.41, 5.74) is 0.261. The van der Waals surface area contributed by atoms with Crippen molar-refractivity contribution in [2.24, 2.45) is 0 Å². The van der Waals surface area contributed by atoms with Gasteiger partial charge in [0.05, 0.1) is 28.9 Å². The van der Waals surface area contributed by atoms with Crippen molar-refractivity contribution >= 4 is 16.9 Å². The van der Waals surface area contributed by atoms with Crippen molar-refractivity contribution in [3.8, 4) is 11.4 Å². The molecule has 2 aromatic heterocycles. The minimum atomic E-state index is -0.779. The van der Waals surface area contributed by atoms with E-state index in [4.69, 9.17) is 4.74 Å². The number of pyridine rings is 1. The van der Waals surface area contributed by atoms with Crippen molar-refractivity contribution in [2.75, 3.05) is 6.61 Å². The zero-order valence-corrected chi connectivity index (χ0v) is 11.8. The Labute approximate surface area is 124 Å². The molecule has 0 saturated carbocycles. The van der Waals surface area contributed by atoms with Crippen LogP contribution in [0.25, 0.3) is 22.3 Å². The number of ether oxygens (including phenoxy) is 1. The summed E-state index contributed by atoms with van der Waals surface area (Å²) >= 11 is 0. The van der Waals surface area contributed by atoms with E-state index in [1.54, 1.807) is 31.3 Å². The lowest BCUT2D eigenvalue weighted by Gasteiger charge is -2.10. The Kier molecular flexibility index (Phi) is 3.50. The molecule has 2 heterocycles. The molecule has 0 bridgehead atoms. The first-order valence-electron chi connectivity index (χ1n) is 6.79. The number of nitrogens with one attached hydrogen (secondary N) is 2. The van der Waals surface area contributed by atoms with Crippen LogP contribution in [0.5, 0.6) is 0 Å². The summed E-state index contributed by atoms with van der Waals surface area (Å²) in [6.45, 7) is 1.76. The topological polar surface area (TPSA) is 75.0 Å². The maximum atomic E-state index is 14.0. The van der Waals surface area contributed by atoms with E-state index >= 15 is 0 Å². The standard InChI is InChI=1S/C16H13FN2O3/c1-2-22-16(21)13-14(11-7-4-8-18-11)19-10-6-3-5-9(17)12(10)15(13)20/h3-8,18H,2H2,1H3,(H,19,20). The first-order chi connectivity index (χ1) is 10.6. The smallest absolute Gasteiger partial charge is 0.344 e. The minimum absolute atomic E-state index is 0.123. The molecule has 0 radical (unpaired) electrons. The highest BCUT2D eigenvalue weighted by atomic mass is 19.1. The summed E-state index contributed by atoms with van der Waals surface area (Å²) in [6, 6.07) is 7.70. The molecule has 0 atom stereocenters. The molecule has 3 aromatic rings. The molecule has 6 heteroatoms. The second-order valence-electron chi connectivity index (χ2n) is 4.67. The van der Waals surface area contributed by atoms with Gasteiger partial charge in [-0.05, 0) is 31.2 Å². The highest BCUT2D eigenvalue weighted by Crippen LogP contribution is 2.23. The molecule has 0 aliphatic rings. The predicted octanol–water partition coefficient (Wildman–Crippen LogP) is 2.84. The minimum Gasteiger partial charge on any atom is -0.462 e. The Balaban J connectivity index is 2.40. The fourth-order valence-electron chi connectivity index (χ4n) is 2.38. The number of halogens is 1. The van der Waals surface area contributed by atoms with Gasteiger partial charge in [0.1, 0.15) is 11.4 Å². The van der Waals surface area contributed by atoms with Crippen LogP contribution < -0.4 is 5.43 Å². The Hall–Kier alpha value is -2.89. The van der Waals surface area contributed by atoms with E-state index in [0.717, 1.165) is 0 Å². The first kappa shape index (κ1) is 14.1. The Morgan fingerprint density at radius 3 is 2.77 bits per heavy atom. The average molecular weight is 300 g/mol. The van der Waals surface area contributed by atoms with Crippen molar-refractivity contribution in [1.82, 2.24) is 9.97 Å². The van der Waals surface area contributed by atoms with E-state index in [9.17, 15) is 14.0 Å². The van der Waals surface area contributed by atoms with Crippen molar-refractivity contribution in [1.29, 1.82) is 0 Å². The van der Waals surface area contributed by atoms with Gasteiger partial charge >= 0.3 is 5.97 Å². The van der Waals surface area contributed by atoms with Crippen LogP contribution >= 0.6 is 0 Å². The molecule has 0 aliphatic heterocycles. The van der Waals surface area contributed by atoms with Gasteiger partial charge in [0.15, 0.2) is 0 Å². The van der Waals surface area contributed by atoms with E-state index in [2.05, 4.69) is 9.97 Å². The van der Waals surface area contributed by atoms with Crippen molar-refractivity contribution < 1.29 is 13.9 Å². The number of aromatic nitrogens is 2. The molecule has 0 aliphatic carbocycles. The van der Waals surface area contributed by atoms with E-state index < -0.39 is 17.2 Å². The monoisotopic (exact) mass is 300 g/mol. The largest absolute Gasteiger partial charge is 0.462 e. The predicted molar refractivity (Wildman–Crippen MR) is 80.3 cm³/mol. The number of fused-ring (bicyclic) bond motifs is 1. The quantitative estimate of drug-likeness (QED) is 0.730. The summed E-state index contributed by atoms with van der Waals surface area (Å²) in [4.78, 5) is 30.6. The van der Waals surface area contributed by atoms with Crippen LogP contribution in [0.15, 0.2) is 41.3 Å². The second-order valence-corrected chi connectivity index (χ2v) is 4.67. The van der Waals surface area contributed by atoms with Crippen LogP contribution in [0.1, 0.15) is 17.3 Å². The Morgan fingerprint density at radius 1 is 1.27 bits per heavy atom. The van der Waals surface area contributed by atoms with Crippen molar-refractivity contribution in [3.63, 3.8) is 0 Å². The van der Waals surface area contributed by atoms with E-state index in [-0.39, 0.29) is 23.3 Å². The summed E-state index contributed by atoms with van der Waals surface area (Å²) in [6.07, 6.45) is 1.67. The van der Waals surface area contributed by atoms with Crippen LogP contribution in [0, 0.1) is 5.82 Å². The summed E-state index contributed by atoms with van der Waals surface area (Å²) in [5, 5.41) is -0.152. The van der Waals surface area contributed by atoms with Gasteiger partial charge in [0.2, 0.25) is 5.43 Å². The summed E-state index contributed by atoms with van der Waals surface area (Å²) < 4.78 is 18.9. The third kappa shape index (κ3) is 2.18. The number of hydrogen-bond acceptors (Lipinski definition) is 3. The lowest BCUT2D eigenvalue weighted by Crippen LogP contribution is -2.21. The maximum Gasteiger partial charge on any atom is 0.344 e. The number of carbonyl (C=O) groups is 1. The third-order valence-corrected chi connectivity index (χ3v) is 3.32. The second kappa shape index (κ2) is 5.48. The van der Waals surface area contributed by atoms with Gasteiger partial charge in [0, 0.05) is 6.20 Å². The van der Waals surface area contributed by atoms with E-state index in [1.807, 2.05) is 0 Å².